The molecule has 0 aromatic carbocycles. The van der Waals surface area contributed by atoms with Gasteiger partial charge in [0.05, 0.1) is 6.42 Å². The van der Waals surface area contributed by atoms with Crippen LogP contribution in [-0.4, -0.2) is 30.3 Å². The first-order chi connectivity index (χ1) is 8.10. The Labute approximate surface area is 108 Å². The van der Waals surface area contributed by atoms with Gasteiger partial charge in [-0.3, -0.25) is 4.79 Å². The van der Waals surface area contributed by atoms with Crippen molar-refractivity contribution in [2.45, 2.75) is 59.2 Å². The lowest BCUT2D eigenvalue weighted by atomic mass is 9.84. The third-order valence-corrected chi connectivity index (χ3v) is 2.82. The molecule has 104 valence electrons. The number of ether oxygens (including phenoxy) is 2. The molecule has 0 saturated carbocycles. The van der Waals surface area contributed by atoms with Crippen molar-refractivity contribution in [3.8, 4) is 0 Å². The summed E-state index contributed by atoms with van der Waals surface area (Å²) in [6, 6.07) is 0. The van der Waals surface area contributed by atoms with Gasteiger partial charge < -0.3 is 14.8 Å². The summed E-state index contributed by atoms with van der Waals surface area (Å²) in [6.45, 7) is 9.87. The summed E-state index contributed by atoms with van der Waals surface area (Å²) in [5, 5.41) is 2.67. The Balaban J connectivity index is 2.30. The van der Waals surface area contributed by atoms with E-state index in [1.54, 1.807) is 0 Å². The third-order valence-electron chi connectivity index (χ3n) is 2.82. The standard InChI is InChI=1S/C13H23NO4/c1-12(2,3)18-11(16)14-7-6-9-13(4,5)8-10(15)17-9/h9H,6-8H2,1-5H3,(H,14,16). The fraction of sp³-hybridized carbons (Fsp3) is 0.846. The number of nitrogens with one attached hydrogen (secondary N) is 1. The second-order valence-corrected chi connectivity index (χ2v) is 6.36. The Morgan fingerprint density at radius 3 is 2.56 bits per heavy atom. The largest absolute Gasteiger partial charge is 0.462 e. The van der Waals surface area contributed by atoms with Crippen LogP contribution in [0.1, 0.15) is 47.5 Å². The molecule has 1 atom stereocenters. The topological polar surface area (TPSA) is 64.6 Å². The molecule has 18 heavy (non-hydrogen) atoms. The summed E-state index contributed by atoms with van der Waals surface area (Å²) in [5.74, 6) is -0.165. The molecule has 1 fully saturated rings. The number of alkyl carbamates (subject to hydrolysis) is 1. The predicted octanol–water partition coefficient (Wildman–Crippen LogP) is 2.24. The summed E-state index contributed by atoms with van der Waals surface area (Å²) in [7, 11) is 0. The fourth-order valence-corrected chi connectivity index (χ4v) is 1.91. The van der Waals surface area contributed by atoms with Gasteiger partial charge in [-0.2, -0.15) is 0 Å². The lowest BCUT2D eigenvalue weighted by Crippen LogP contribution is -2.35. The van der Waals surface area contributed by atoms with Gasteiger partial charge in [-0.1, -0.05) is 13.8 Å². The number of carbonyl (C=O) groups excluding carboxylic acids is 2. The molecule has 1 amide bonds. The van der Waals surface area contributed by atoms with Crippen LogP contribution in [0, 0.1) is 5.41 Å². The number of cyclic esters (lactones) is 1. The molecule has 1 unspecified atom stereocenters. The molecule has 0 radical (unpaired) electrons. The number of esters is 1. The van der Waals surface area contributed by atoms with E-state index in [0.717, 1.165) is 0 Å². The molecule has 0 spiro atoms. The van der Waals surface area contributed by atoms with Crippen LogP contribution in [0.25, 0.3) is 0 Å². The van der Waals surface area contributed by atoms with Crippen molar-refractivity contribution in [2.75, 3.05) is 6.54 Å². The van der Waals surface area contributed by atoms with Gasteiger partial charge in [0, 0.05) is 18.4 Å². The lowest BCUT2D eigenvalue weighted by Gasteiger charge is -2.24. The van der Waals surface area contributed by atoms with Crippen molar-refractivity contribution in [1.29, 1.82) is 0 Å². The zero-order chi connectivity index (χ0) is 14.0. The van der Waals surface area contributed by atoms with Crippen LogP contribution in [0.4, 0.5) is 4.79 Å². The Kier molecular flexibility index (Phi) is 4.24. The minimum absolute atomic E-state index is 0.139. The van der Waals surface area contributed by atoms with Crippen molar-refractivity contribution < 1.29 is 19.1 Å². The van der Waals surface area contributed by atoms with Gasteiger partial charge in [0.2, 0.25) is 0 Å². The molecule has 1 heterocycles. The van der Waals surface area contributed by atoms with Crippen molar-refractivity contribution in [1.82, 2.24) is 5.32 Å². The zero-order valence-electron chi connectivity index (χ0n) is 11.8. The first-order valence-corrected chi connectivity index (χ1v) is 6.26. The van der Waals surface area contributed by atoms with Gasteiger partial charge in [-0.25, -0.2) is 4.79 Å². The molecule has 0 aromatic rings. The molecular formula is C13H23NO4. The quantitative estimate of drug-likeness (QED) is 0.787. The molecule has 5 nitrogen and oxygen atoms in total. The zero-order valence-corrected chi connectivity index (χ0v) is 11.8. The highest BCUT2D eigenvalue weighted by Gasteiger charge is 2.41. The third kappa shape index (κ3) is 4.55. The van der Waals surface area contributed by atoms with Crippen LogP contribution >= 0.6 is 0 Å². The van der Waals surface area contributed by atoms with Gasteiger partial charge in [-0.15, -0.1) is 0 Å². The molecular weight excluding hydrogens is 234 g/mol. The van der Waals surface area contributed by atoms with E-state index in [-0.39, 0.29) is 17.5 Å². The van der Waals surface area contributed by atoms with E-state index in [2.05, 4.69) is 5.32 Å². The van der Waals surface area contributed by atoms with E-state index in [9.17, 15) is 9.59 Å². The summed E-state index contributed by atoms with van der Waals surface area (Å²) >= 11 is 0. The molecule has 0 aliphatic carbocycles. The minimum Gasteiger partial charge on any atom is -0.462 e. The summed E-state index contributed by atoms with van der Waals surface area (Å²) in [4.78, 5) is 22.6. The number of amides is 1. The molecule has 1 aliphatic rings. The first-order valence-electron chi connectivity index (χ1n) is 6.26. The molecule has 0 bridgehead atoms. The van der Waals surface area contributed by atoms with E-state index >= 15 is 0 Å². The van der Waals surface area contributed by atoms with Crippen LogP contribution in [-0.2, 0) is 14.3 Å². The number of carbonyl (C=O) groups is 2. The van der Waals surface area contributed by atoms with Crippen molar-refractivity contribution in [2.24, 2.45) is 5.41 Å². The van der Waals surface area contributed by atoms with Crippen molar-refractivity contribution in [3.05, 3.63) is 0 Å². The number of hydrogen-bond donors (Lipinski definition) is 1. The van der Waals surface area contributed by atoms with Gasteiger partial charge >= 0.3 is 12.1 Å². The van der Waals surface area contributed by atoms with Crippen LogP contribution < -0.4 is 5.32 Å². The Morgan fingerprint density at radius 1 is 1.50 bits per heavy atom. The highest BCUT2D eigenvalue weighted by molar-refractivity contribution is 5.73. The average Bonchev–Trinajstić information content (AvgIpc) is 2.36. The summed E-state index contributed by atoms with van der Waals surface area (Å²) < 4.78 is 10.3. The maximum absolute atomic E-state index is 11.4. The first kappa shape index (κ1) is 14.8. The highest BCUT2D eigenvalue weighted by atomic mass is 16.6. The smallest absolute Gasteiger partial charge is 0.407 e. The van der Waals surface area contributed by atoms with E-state index < -0.39 is 11.7 Å². The van der Waals surface area contributed by atoms with Gasteiger partial charge in [0.25, 0.3) is 0 Å². The van der Waals surface area contributed by atoms with Crippen LogP contribution in [0.5, 0.6) is 0 Å². The molecule has 1 rings (SSSR count). The van der Waals surface area contributed by atoms with Crippen LogP contribution in [0.3, 0.4) is 0 Å². The monoisotopic (exact) mass is 257 g/mol. The lowest BCUT2D eigenvalue weighted by molar-refractivity contribution is -0.141. The minimum atomic E-state index is -0.497. The van der Waals surface area contributed by atoms with Gasteiger partial charge in [-0.05, 0) is 20.8 Å². The molecule has 1 aliphatic heterocycles. The van der Waals surface area contributed by atoms with Crippen LogP contribution in [0.2, 0.25) is 0 Å². The number of rotatable bonds is 3. The normalized spacial score (nSPS) is 22.5. The van der Waals surface area contributed by atoms with E-state index in [1.807, 2.05) is 34.6 Å². The Morgan fingerprint density at radius 2 is 2.11 bits per heavy atom. The maximum Gasteiger partial charge on any atom is 0.407 e. The van der Waals surface area contributed by atoms with E-state index in [1.165, 1.54) is 0 Å². The Hall–Kier alpha value is -1.26. The average molecular weight is 257 g/mol. The molecule has 1 N–H and O–H groups in total. The summed E-state index contributed by atoms with van der Waals surface area (Å²) in [5.41, 5.74) is -0.657. The SMILES string of the molecule is CC(C)(C)OC(=O)NCCC1OC(=O)CC1(C)C. The second kappa shape index (κ2) is 5.16. The Bertz CT molecular complexity index is 330. The molecule has 5 heteroatoms. The maximum atomic E-state index is 11.4. The van der Waals surface area contributed by atoms with Crippen LogP contribution in [0.15, 0.2) is 0 Å². The van der Waals surface area contributed by atoms with Crippen molar-refractivity contribution >= 4 is 12.1 Å². The second-order valence-electron chi connectivity index (χ2n) is 6.36. The van der Waals surface area contributed by atoms with Gasteiger partial charge in [0.1, 0.15) is 11.7 Å². The highest BCUT2D eigenvalue weighted by Crippen LogP contribution is 2.36. The predicted molar refractivity (Wildman–Crippen MR) is 67.1 cm³/mol. The van der Waals surface area contributed by atoms with Gasteiger partial charge in [0.15, 0.2) is 0 Å². The number of hydrogen-bond acceptors (Lipinski definition) is 4. The summed E-state index contributed by atoms with van der Waals surface area (Å²) in [6.07, 6.45) is 0.465. The molecule has 1 saturated heterocycles. The molecule has 0 aromatic heterocycles. The van der Waals surface area contributed by atoms with Crippen molar-refractivity contribution in [3.63, 3.8) is 0 Å². The fourth-order valence-electron chi connectivity index (χ4n) is 1.91. The van der Waals surface area contributed by atoms with E-state index in [0.29, 0.717) is 19.4 Å². The van der Waals surface area contributed by atoms with E-state index in [4.69, 9.17) is 9.47 Å².